The Bertz CT molecular complexity index is 452. The third-order valence-corrected chi connectivity index (χ3v) is 3.83. The zero-order valence-electron chi connectivity index (χ0n) is 8.98. The SMILES string of the molecule is Cc1cc(O)ccc1NS(=O)(=O)C(C)C. The molecule has 0 heterocycles. The van der Waals surface area contributed by atoms with Crippen LogP contribution in [0.1, 0.15) is 19.4 Å². The molecule has 0 aliphatic rings. The standard InChI is InChI=1S/C10H15NO3S/c1-7(2)15(13,14)11-10-5-4-9(12)6-8(10)3/h4-7,11-12H,1-3H3. The first-order chi connectivity index (χ1) is 6.83. The van der Waals surface area contributed by atoms with Gasteiger partial charge in [0.1, 0.15) is 5.75 Å². The second kappa shape index (κ2) is 4.10. The van der Waals surface area contributed by atoms with Gasteiger partial charge in [0.15, 0.2) is 0 Å². The quantitative estimate of drug-likeness (QED) is 0.777. The first kappa shape index (κ1) is 11.8. The van der Waals surface area contributed by atoms with Gasteiger partial charge in [0.05, 0.1) is 10.9 Å². The van der Waals surface area contributed by atoms with Crippen LogP contribution in [0, 0.1) is 6.92 Å². The predicted molar refractivity (Wildman–Crippen MR) is 60.5 cm³/mol. The summed E-state index contributed by atoms with van der Waals surface area (Å²) in [6.45, 7) is 4.95. The van der Waals surface area contributed by atoms with Gasteiger partial charge in [-0.15, -0.1) is 0 Å². The van der Waals surface area contributed by atoms with Crippen molar-refractivity contribution in [2.45, 2.75) is 26.0 Å². The summed E-state index contributed by atoms with van der Waals surface area (Å²) >= 11 is 0. The normalized spacial score (nSPS) is 11.7. The van der Waals surface area contributed by atoms with Gasteiger partial charge in [-0.05, 0) is 44.5 Å². The first-order valence-corrected chi connectivity index (χ1v) is 6.19. The molecule has 0 fully saturated rings. The number of hydrogen-bond donors (Lipinski definition) is 2. The van der Waals surface area contributed by atoms with Crippen LogP contribution in [-0.2, 0) is 10.0 Å². The van der Waals surface area contributed by atoms with Gasteiger partial charge < -0.3 is 5.11 Å². The summed E-state index contributed by atoms with van der Waals surface area (Å²) in [6.07, 6.45) is 0. The smallest absolute Gasteiger partial charge is 0.235 e. The van der Waals surface area contributed by atoms with E-state index in [1.807, 2.05) is 0 Å². The molecule has 0 bridgehead atoms. The number of anilines is 1. The lowest BCUT2D eigenvalue weighted by Crippen LogP contribution is -2.22. The molecule has 0 aliphatic carbocycles. The maximum absolute atomic E-state index is 11.6. The number of aromatic hydroxyl groups is 1. The van der Waals surface area contributed by atoms with Gasteiger partial charge in [-0.3, -0.25) is 4.72 Å². The fourth-order valence-electron chi connectivity index (χ4n) is 1.03. The highest BCUT2D eigenvalue weighted by molar-refractivity contribution is 7.93. The van der Waals surface area contributed by atoms with Crippen molar-refractivity contribution in [3.05, 3.63) is 23.8 Å². The Morgan fingerprint density at radius 3 is 2.40 bits per heavy atom. The van der Waals surface area contributed by atoms with Gasteiger partial charge >= 0.3 is 0 Å². The Morgan fingerprint density at radius 2 is 1.93 bits per heavy atom. The fraction of sp³-hybridized carbons (Fsp3) is 0.400. The van der Waals surface area contributed by atoms with Gasteiger partial charge in [0.25, 0.3) is 0 Å². The number of aryl methyl sites for hydroxylation is 1. The number of sulfonamides is 1. The van der Waals surface area contributed by atoms with E-state index in [1.54, 1.807) is 26.8 Å². The number of phenolic OH excluding ortho intramolecular Hbond substituents is 1. The van der Waals surface area contributed by atoms with Crippen molar-refractivity contribution in [1.82, 2.24) is 0 Å². The third kappa shape index (κ3) is 2.86. The van der Waals surface area contributed by atoms with Crippen LogP contribution in [0.2, 0.25) is 0 Å². The molecular weight excluding hydrogens is 214 g/mol. The van der Waals surface area contributed by atoms with Crippen LogP contribution in [0.5, 0.6) is 5.75 Å². The number of benzene rings is 1. The van der Waals surface area contributed by atoms with E-state index in [-0.39, 0.29) is 5.75 Å². The van der Waals surface area contributed by atoms with E-state index < -0.39 is 15.3 Å². The van der Waals surface area contributed by atoms with Crippen LogP contribution in [0.3, 0.4) is 0 Å². The summed E-state index contributed by atoms with van der Waals surface area (Å²) in [5.41, 5.74) is 1.20. The van der Waals surface area contributed by atoms with E-state index in [1.165, 1.54) is 12.1 Å². The lowest BCUT2D eigenvalue weighted by Gasteiger charge is -2.12. The monoisotopic (exact) mass is 229 g/mol. The van der Waals surface area contributed by atoms with Crippen molar-refractivity contribution < 1.29 is 13.5 Å². The Kier molecular flexibility index (Phi) is 3.24. The maximum atomic E-state index is 11.6. The summed E-state index contributed by atoms with van der Waals surface area (Å²) < 4.78 is 25.6. The molecule has 0 aromatic heterocycles. The summed E-state index contributed by atoms with van der Waals surface area (Å²) in [5.74, 6) is 0.125. The molecule has 0 radical (unpaired) electrons. The number of nitrogens with one attached hydrogen (secondary N) is 1. The van der Waals surface area contributed by atoms with Crippen LogP contribution < -0.4 is 4.72 Å². The van der Waals surface area contributed by atoms with E-state index in [4.69, 9.17) is 5.11 Å². The largest absolute Gasteiger partial charge is 0.508 e. The van der Waals surface area contributed by atoms with Crippen molar-refractivity contribution in [3.63, 3.8) is 0 Å². The summed E-state index contributed by atoms with van der Waals surface area (Å²) in [6, 6.07) is 4.51. The van der Waals surface area contributed by atoms with E-state index >= 15 is 0 Å². The Morgan fingerprint density at radius 1 is 1.33 bits per heavy atom. The minimum atomic E-state index is -3.32. The lowest BCUT2D eigenvalue weighted by molar-refractivity contribution is 0.475. The molecule has 84 valence electrons. The molecule has 1 rings (SSSR count). The van der Waals surface area contributed by atoms with E-state index in [9.17, 15) is 8.42 Å². The van der Waals surface area contributed by atoms with Crippen LogP contribution >= 0.6 is 0 Å². The molecule has 0 spiro atoms. The van der Waals surface area contributed by atoms with Gasteiger partial charge in [-0.1, -0.05) is 0 Å². The van der Waals surface area contributed by atoms with E-state index in [0.717, 1.165) is 0 Å². The molecule has 1 aromatic rings. The molecule has 2 N–H and O–H groups in total. The molecule has 15 heavy (non-hydrogen) atoms. The minimum Gasteiger partial charge on any atom is -0.508 e. The molecule has 0 atom stereocenters. The summed E-state index contributed by atoms with van der Waals surface area (Å²) in [5, 5.41) is 8.69. The zero-order chi connectivity index (χ0) is 11.6. The highest BCUT2D eigenvalue weighted by Gasteiger charge is 2.16. The lowest BCUT2D eigenvalue weighted by atomic mass is 10.2. The molecule has 1 aromatic carbocycles. The van der Waals surface area contributed by atoms with Crippen molar-refractivity contribution in [2.75, 3.05) is 4.72 Å². The molecule has 0 saturated carbocycles. The fourth-order valence-corrected chi connectivity index (χ4v) is 1.80. The van der Waals surface area contributed by atoms with E-state index in [2.05, 4.69) is 4.72 Å². The molecule has 0 aliphatic heterocycles. The van der Waals surface area contributed by atoms with Crippen LogP contribution in [-0.4, -0.2) is 18.8 Å². The molecule has 0 unspecified atom stereocenters. The zero-order valence-corrected chi connectivity index (χ0v) is 9.80. The van der Waals surface area contributed by atoms with E-state index in [0.29, 0.717) is 11.3 Å². The Balaban J connectivity index is 3.01. The highest BCUT2D eigenvalue weighted by atomic mass is 32.2. The third-order valence-electron chi connectivity index (χ3n) is 2.08. The molecule has 5 heteroatoms. The van der Waals surface area contributed by atoms with Gasteiger partial charge in [0, 0.05) is 0 Å². The summed E-state index contributed by atoms with van der Waals surface area (Å²) in [7, 11) is -3.32. The predicted octanol–water partition coefficient (Wildman–Crippen LogP) is 1.85. The average molecular weight is 229 g/mol. The van der Waals surface area contributed by atoms with Crippen molar-refractivity contribution in [1.29, 1.82) is 0 Å². The van der Waals surface area contributed by atoms with Crippen LogP contribution in [0.15, 0.2) is 18.2 Å². The number of hydrogen-bond acceptors (Lipinski definition) is 3. The van der Waals surface area contributed by atoms with Crippen LogP contribution in [0.25, 0.3) is 0 Å². The van der Waals surface area contributed by atoms with Gasteiger partial charge in [-0.25, -0.2) is 8.42 Å². The topological polar surface area (TPSA) is 66.4 Å². The first-order valence-electron chi connectivity index (χ1n) is 4.64. The Hall–Kier alpha value is -1.23. The Labute approximate surface area is 90.0 Å². The van der Waals surface area contributed by atoms with Crippen LogP contribution in [0.4, 0.5) is 5.69 Å². The molecular formula is C10H15NO3S. The summed E-state index contributed by atoms with van der Waals surface area (Å²) in [4.78, 5) is 0. The van der Waals surface area contributed by atoms with Crippen molar-refractivity contribution in [3.8, 4) is 5.75 Å². The van der Waals surface area contributed by atoms with Gasteiger partial charge in [0.2, 0.25) is 10.0 Å². The highest BCUT2D eigenvalue weighted by Crippen LogP contribution is 2.21. The molecule has 0 amide bonds. The molecule has 0 saturated heterocycles. The average Bonchev–Trinajstić information content (AvgIpc) is 2.09. The number of phenols is 1. The number of rotatable bonds is 3. The second-order valence-corrected chi connectivity index (χ2v) is 5.93. The van der Waals surface area contributed by atoms with Crippen molar-refractivity contribution in [2.24, 2.45) is 0 Å². The van der Waals surface area contributed by atoms with Gasteiger partial charge in [-0.2, -0.15) is 0 Å². The van der Waals surface area contributed by atoms with Crippen molar-refractivity contribution >= 4 is 15.7 Å². The maximum Gasteiger partial charge on any atom is 0.235 e. The minimum absolute atomic E-state index is 0.125. The molecule has 4 nitrogen and oxygen atoms in total. The second-order valence-electron chi connectivity index (χ2n) is 3.70.